The molecule has 0 radical (unpaired) electrons. The van der Waals surface area contributed by atoms with E-state index in [2.05, 4.69) is 47.3 Å². The van der Waals surface area contributed by atoms with Crippen molar-refractivity contribution in [3.63, 3.8) is 0 Å². The van der Waals surface area contributed by atoms with E-state index >= 15 is 0 Å². The van der Waals surface area contributed by atoms with Crippen LogP contribution in [0, 0.1) is 0 Å². The Kier molecular flexibility index (Phi) is 7.76. The SMILES string of the molecule is CCOC(=O)c1ccc2nc(N3C(CC)CC[C@H]3CCOCc3c(C4CC4c4ccccc4)noc3C3CC3)sc2c1. The minimum absolute atomic E-state index is 0.282. The lowest BCUT2D eigenvalue weighted by atomic mass is 10.0. The molecule has 4 aromatic rings. The molecule has 2 aliphatic carbocycles. The highest BCUT2D eigenvalue weighted by Crippen LogP contribution is 2.56. The first-order valence-corrected chi connectivity index (χ1v) is 16.4. The van der Waals surface area contributed by atoms with Crippen LogP contribution in [0.5, 0.6) is 0 Å². The molecule has 7 rings (SSSR count). The first-order valence-electron chi connectivity index (χ1n) is 15.6. The third kappa shape index (κ3) is 5.47. The summed E-state index contributed by atoms with van der Waals surface area (Å²) in [4.78, 5) is 19.8. The predicted octanol–water partition coefficient (Wildman–Crippen LogP) is 7.96. The molecule has 220 valence electrons. The van der Waals surface area contributed by atoms with E-state index < -0.39 is 0 Å². The molecular weight excluding hydrogens is 546 g/mol. The highest BCUT2D eigenvalue weighted by Gasteiger charge is 2.45. The number of carbonyl (C=O) groups is 1. The number of nitrogens with zero attached hydrogens (tertiary/aromatic N) is 3. The van der Waals surface area contributed by atoms with Crippen molar-refractivity contribution in [2.75, 3.05) is 18.1 Å². The Morgan fingerprint density at radius 1 is 1.05 bits per heavy atom. The number of fused-ring (bicyclic) bond motifs is 1. The van der Waals surface area contributed by atoms with Gasteiger partial charge >= 0.3 is 5.97 Å². The van der Waals surface area contributed by atoms with Crippen LogP contribution in [0.2, 0.25) is 0 Å². The quantitative estimate of drug-likeness (QED) is 0.123. The summed E-state index contributed by atoms with van der Waals surface area (Å²) in [5.41, 5.74) is 5.23. The van der Waals surface area contributed by atoms with E-state index in [1.165, 1.54) is 24.0 Å². The minimum atomic E-state index is -0.282. The van der Waals surface area contributed by atoms with Crippen molar-refractivity contribution in [1.29, 1.82) is 0 Å². The second-order valence-corrected chi connectivity index (χ2v) is 13.0. The molecule has 2 saturated carbocycles. The minimum Gasteiger partial charge on any atom is -0.462 e. The van der Waals surface area contributed by atoms with E-state index in [1.807, 2.05) is 25.1 Å². The summed E-state index contributed by atoms with van der Waals surface area (Å²) < 4.78 is 18.6. The van der Waals surface area contributed by atoms with Crippen molar-refractivity contribution in [2.45, 2.75) is 95.2 Å². The van der Waals surface area contributed by atoms with E-state index in [0.717, 1.165) is 58.9 Å². The number of rotatable bonds is 12. The molecule has 0 bridgehead atoms. The largest absolute Gasteiger partial charge is 0.462 e. The van der Waals surface area contributed by atoms with Crippen LogP contribution in [0.4, 0.5) is 5.13 Å². The maximum Gasteiger partial charge on any atom is 0.338 e. The zero-order valence-corrected chi connectivity index (χ0v) is 25.3. The summed E-state index contributed by atoms with van der Waals surface area (Å²) in [5.74, 6) is 2.25. The highest BCUT2D eigenvalue weighted by atomic mass is 32.1. The van der Waals surface area contributed by atoms with E-state index in [4.69, 9.17) is 19.0 Å². The third-order valence-corrected chi connectivity index (χ3v) is 10.2. The molecule has 3 heterocycles. The molecule has 42 heavy (non-hydrogen) atoms. The van der Waals surface area contributed by atoms with Gasteiger partial charge in [-0.15, -0.1) is 0 Å². The van der Waals surface area contributed by atoms with Gasteiger partial charge in [-0.2, -0.15) is 0 Å². The number of benzene rings is 2. The van der Waals surface area contributed by atoms with Crippen LogP contribution in [-0.2, 0) is 16.1 Å². The lowest BCUT2D eigenvalue weighted by molar-refractivity contribution is 0.0526. The summed E-state index contributed by atoms with van der Waals surface area (Å²) in [7, 11) is 0. The molecule has 4 atom stereocenters. The topological polar surface area (TPSA) is 77.7 Å². The Balaban J connectivity index is 1.02. The van der Waals surface area contributed by atoms with Gasteiger partial charge in [0, 0.05) is 36.1 Å². The second-order valence-electron chi connectivity index (χ2n) is 12.0. The molecule has 3 fully saturated rings. The van der Waals surface area contributed by atoms with Crippen LogP contribution < -0.4 is 4.90 Å². The maximum atomic E-state index is 12.3. The smallest absolute Gasteiger partial charge is 0.338 e. The van der Waals surface area contributed by atoms with Gasteiger partial charge in [0.2, 0.25) is 0 Å². The molecule has 2 aromatic carbocycles. The first kappa shape index (κ1) is 27.6. The van der Waals surface area contributed by atoms with Gasteiger partial charge in [0.1, 0.15) is 5.76 Å². The Morgan fingerprint density at radius 3 is 2.67 bits per heavy atom. The van der Waals surface area contributed by atoms with Gasteiger partial charge in [0.15, 0.2) is 5.13 Å². The zero-order valence-electron chi connectivity index (χ0n) is 24.5. The number of ether oxygens (including phenoxy) is 2. The number of hydrogen-bond donors (Lipinski definition) is 0. The average Bonchev–Trinajstić information content (AvgIpc) is 3.89. The van der Waals surface area contributed by atoms with Crippen LogP contribution in [0.25, 0.3) is 10.2 Å². The molecule has 0 N–H and O–H groups in total. The normalized spacial score (nSPS) is 23.5. The molecule has 1 aliphatic heterocycles. The Bertz CT molecular complexity index is 1540. The summed E-state index contributed by atoms with van der Waals surface area (Å²) >= 11 is 1.67. The molecule has 7 nitrogen and oxygen atoms in total. The molecule has 3 aliphatic rings. The fourth-order valence-electron chi connectivity index (χ4n) is 6.72. The number of esters is 1. The maximum absolute atomic E-state index is 12.3. The Labute approximate surface area is 251 Å². The first-order chi connectivity index (χ1) is 20.6. The van der Waals surface area contributed by atoms with Gasteiger partial charge in [0.25, 0.3) is 0 Å². The van der Waals surface area contributed by atoms with Crippen molar-refractivity contribution in [2.24, 2.45) is 0 Å². The van der Waals surface area contributed by atoms with E-state index in [0.29, 0.717) is 55.2 Å². The van der Waals surface area contributed by atoms with E-state index in [9.17, 15) is 4.79 Å². The summed E-state index contributed by atoms with van der Waals surface area (Å²) in [6.45, 7) is 5.72. The van der Waals surface area contributed by atoms with Gasteiger partial charge in [-0.3, -0.25) is 0 Å². The lowest BCUT2D eigenvalue weighted by Gasteiger charge is -2.29. The van der Waals surface area contributed by atoms with Crippen molar-refractivity contribution in [3.05, 3.63) is 76.7 Å². The Morgan fingerprint density at radius 2 is 1.88 bits per heavy atom. The predicted molar refractivity (Wildman–Crippen MR) is 164 cm³/mol. The van der Waals surface area contributed by atoms with Crippen molar-refractivity contribution in [3.8, 4) is 0 Å². The molecule has 1 saturated heterocycles. The van der Waals surface area contributed by atoms with Gasteiger partial charge < -0.3 is 18.9 Å². The average molecular weight is 586 g/mol. The van der Waals surface area contributed by atoms with Crippen LogP contribution in [0.1, 0.15) is 109 Å². The molecule has 3 unspecified atom stereocenters. The van der Waals surface area contributed by atoms with Crippen LogP contribution in [-0.4, -0.2) is 41.4 Å². The van der Waals surface area contributed by atoms with Crippen molar-refractivity contribution < 1.29 is 18.8 Å². The highest BCUT2D eigenvalue weighted by molar-refractivity contribution is 7.22. The molecule has 8 heteroatoms. The molecule has 0 amide bonds. The number of anilines is 1. The fourth-order valence-corrected chi connectivity index (χ4v) is 7.87. The number of thiazole rings is 1. The third-order valence-electron chi connectivity index (χ3n) is 9.21. The Hall–Kier alpha value is -3.23. The summed E-state index contributed by atoms with van der Waals surface area (Å²) in [5, 5.41) is 5.63. The lowest BCUT2D eigenvalue weighted by Crippen LogP contribution is -2.36. The van der Waals surface area contributed by atoms with Crippen molar-refractivity contribution in [1.82, 2.24) is 10.1 Å². The van der Waals surface area contributed by atoms with Crippen molar-refractivity contribution >= 4 is 32.7 Å². The second kappa shape index (κ2) is 11.8. The van der Waals surface area contributed by atoms with E-state index in [-0.39, 0.29) is 5.97 Å². The molecular formula is C34H39N3O4S. The standard InChI is InChI=1S/C34H39N3O4S/c1-3-24-13-14-25(37(24)34-35-29-15-12-23(18-30(29)42-34)33(38)40-4-2)16-17-39-20-28-31(36-41-32(28)22-10-11-22)27-19-26(27)21-8-6-5-7-9-21/h5-9,12,15,18,22,24-27H,3-4,10-11,13-14,16-17,19-20H2,1-2H3/t24?,25-,26?,27?/m0/s1. The van der Waals surface area contributed by atoms with E-state index in [1.54, 1.807) is 11.3 Å². The monoisotopic (exact) mass is 585 g/mol. The van der Waals surface area contributed by atoms with Crippen LogP contribution >= 0.6 is 11.3 Å². The number of carbonyl (C=O) groups excluding carboxylic acids is 1. The van der Waals surface area contributed by atoms with Gasteiger partial charge in [-0.25, -0.2) is 9.78 Å². The van der Waals surface area contributed by atoms with Gasteiger partial charge in [-0.05, 0) is 81.5 Å². The van der Waals surface area contributed by atoms with Crippen LogP contribution in [0.15, 0.2) is 53.1 Å². The molecule has 2 aromatic heterocycles. The van der Waals surface area contributed by atoms with Crippen LogP contribution in [0.3, 0.4) is 0 Å². The number of aromatic nitrogens is 2. The zero-order chi connectivity index (χ0) is 28.6. The fraction of sp³-hybridized carbons (Fsp3) is 0.500. The number of hydrogen-bond acceptors (Lipinski definition) is 8. The van der Waals surface area contributed by atoms with Gasteiger partial charge in [-0.1, -0.05) is 53.7 Å². The molecule has 0 spiro atoms. The summed E-state index contributed by atoms with van der Waals surface area (Å²) in [6, 6.07) is 17.3. The van der Waals surface area contributed by atoms with Gasteiger partial charge in [0.05, 0.1) is 34.7 Å². The summed E-state index contributed by atoms with van der Waals surface area (Å²) in [6.07, 6.45) is 7.84.